The van der Waals surface area contributed by atoms with E-state index in [2.05, 4.69) is 86.8 Å². The van der Waals surface area contributed by atoms with Gasteiger partial charge in [-0.2, -0.15) is 0 Å². The molecule has 4 unspecified atom stereocenters. The largest absolute Gasteiger partial charge is 0.472 e. The number of aliphatic hydroxyl groups excluding tert-OH is 6. The Balaban J connectivity index is 2.53. The zero-order valence-electron chi connectivity index (χ0n) is 40.3. The van der Waals surface area contributed by atoms with Gasteiger partial charge in [-0.15, -0.1) is 0 Å². The second-order valence-electron chi connectivity index (χ2n) is 16.8. The second kappa shape index (κ2) is 40.6. The van der Waals surface area contributed by atoms with Gasteiger partial charge in [-0.25, -0.2) is 4.57 Å². The summed E-state index contributed by atoms with van der Waals surface area (Å²) in [4.78, 5) is 35.8. The van der Waals surface area contributed by atoms with Gasteiger partial charge in [0.15, 0.2) is 6.10 Å². The van der Waals surface area contributed by atoms with Crippen LogP contribution in [-0.2, 0) is 32.7 Å². The van der Waals surface area contributed by atoms with E-state index in [0.29, 0.717) is 6.42 Å². The smallest absolute Gasteiger partial charge is 0.462 e. The molecule has 0 spiro atoms. The van der Waals surface area contributed by atoms with E-state index < -0.39 is 81.8 Å². The van der Waals surface area contributed by atoms with E-state index in [-0.39, 0.29) is 25.7 Å². The Labute approximate surface area is 401 Å². The zero-order chi connectivity index (χ0) is 49.4. The molecule has 14 nitrogen and oxygen atoms in total. The Hall–Kier alpha value is -3.27. The minimum atomic E-state index is -5.19. The standard InChI is InChI=1S/C52H85O14P/c1-3-5-7-9-11-13-15-17-18-19-20-21-22-23-25-27-29-31-33-35-39-45(54)63-41-44(42-64-67(61,62)66-52-50(59)48(57)47(56)49(58)51(52)60)65-46(55)40-36-38-43(53)37-34-32-30-28-26-24-16-14-12-10-8-6-4-2/h6,8,12-15,18-19,21-22,24,26,30,32,34,37,43-44,47-53,56-60H,3-5,7,9-11,16-17,20,23,25,27-29,31,33,35-36,38-42H2,1-2H3,(H,61,62)/b8-6-,14-12-,15-13-,19-18-,22-21-,26-24-,32-30-,37-34+/t43?,44-,47?,48-,49+,50-,51-,52?/m1/s1. The third-order valence-corrected chi connectivity index (χ3v) is 11.7. The topological polar surface area (TPSA) is 230 Å². The Bertz CT molecular complexity index is 1550. The molecule has 15 heteroatoms. The number of allylic oxidation sites excluding steroid dienone is 15. The van der Waals surface area contributed by atoms with Crippen molar-refractivity contribution in [1.29, 1.82) is 0 Å². The van der Waals surface area contributed by atoms with E-state index in [1.165, 1.54) is 25.7 Å². The summed E-state index contributed by atoms with van der Waals surface area (Å²) in [7, 11) is -5.19. The highest BCUT2D eigenvalue weighted by Crippen LogP contribution is 2.47. The van der Waals surface area contributed by atoms with E-state index in [1.807, 2.05) is 12.2 Å². The van der Waals surface area contributed by atoms with E-state index in [0.717, 1.165) is 83.5 Å². The van der Waals surface area contributed by atoms with Gasteiger partial charge >= 0.3 is 19.8 Å². The number of hydrogen-bond acceptors (Lipinski definition) is 13. The molecule has 9 atom stereocenters. The van der Waals surface area contributed by atoms with Crippen molar-refractivity contribution >= 4 is 19.8 Å². The quantitative estimate of drug-likeness (QED) is 0.0100. The molecule has 0 amide bonds. The summed E-state index contributed by atoms with van der Waals surface area (Å²) in [5, 5.41) is 60.6. The van der Waals surface area contributed by atoms with Crippen LogP contribution in [0.4, 0.5) is 0 Å². The fourth-order valence-corrected chi connectivity index (χ4v) is 7.76. The molecule has 1 saturated carbocycles. The van der Waals surface area contributed by atoms with Gasteiger partial charge in [-0.3, -0.25) is 18.6 Å². The van der Waals surface area contributed by atoms with Crippen molar-refractivity contribution in [3.63, 3.8) is 0 Å². The Morgan fingerprint density at radius 1 is 0.552 bits per heavy atom. The molecule has 0 heterocycles. The summed E-state index contributed by atoms with van der Waals surface area (Å²) in [6, 6.07) is 0. The number of esters is 2. The minimum absolute atomic E-state index is 0.106. The average Bonchev–Trinajstić information content (AvgIpc) is 3.30. The average molecular weight is 965 g/mol. The molecule has 382 valence electrons. The van der Waals surface area contributed by atoms with Crippen LogP contribution in [0.25, 0.3) is 0 Å². The van der Waals surface area contributed by atoms with Crippen LogP contribution in [0.5, 0.6) is 0 Å². The van der Waals surface area contributed by atoms with Gasteiger partial charge < -0.3 is 45.0 Å². The Morgan fingerprint density at radius 2 is 1.03 bits per heavy atom. The van der Waals surface area contributed by atoms with Crippen LogP contribution in [0, 0.1) is 0 Å². The molecule has 0 radical (unpaired) electrons. The Kier molecular flexibility index (Phi) is 37.4. The highest BCUT2D eigenvalue weighted by Gasteiger charge is 2.51. The van der Waals surface area contributed by atoms with Crippen molar-refractivity contribution in [3.05, 3.63) is 97.2 Å². The molecule has 1 aliphatic carbocycles. The first kappa shape index (κ1) is 61.7. The maximum absolute atomic E-state index is 12.8. The molecule has 0 aliphatic heterocycles. The lowest BCUT2D eigenvalue weighted by atomic mass is 9.85. The molecular weight excluding hydrogens is 880 g/mol. The molecule has 1 aliphatic rings. The summed E-state index contributed by atoms with van der Waals surface area (Å²) in [5.41, 5.74) is 0. The monoisotopic (exact) mass is 965 g/mol. The molecule has 0 aromatic heterocycles. The van der Waals surface area contributed by atoms with Crippen molar-refractivity contribution in [2.24, 2.45) is 0 Å². The van der Waals surface area contributed by atoms with Gasteiger partial charge in [-0.1, -0.05) is 156 Å². The molecular formula is C52H85O14P. The van der Waals surface area contributed by atoms with Crippen molar-refractivity contribution in [2.45, 2.75) is 204 Å². The lowest BCUT2D eigenvalue weighted by Gasteiger charge is -2.41. The van der Waals surface area contributed by atoms with Crippen molar-refractivity contribution in [3.8, 4) is 0 Å². The van der Waals surface area contributed by atoms with Crippen molar-refractivity contribution in [2.75, 3.05) is 13.2 Å². The molecule has 0 bridgehead atoms. The van der Waals surface area contributed by atoms with Crippen LogP contribution in [-0.4, -0.2) is 110 Å². The predicted molar refractivity (Wildman–Crippen MR) is 264 cm³/mol. The Morgan fingerprint density at radius 3 is 1.60 bits per heavy atom. The fraction of sp³-hybridized carbons (Fsp3) is 0.654. The summed E-state index contributed by atoms with van der Waals surface area (Å²) in [6.07, 6.45) is 37.5. The van der Waals surface area contributed by atoms with Gasteiger partial charge in [0.1, 0.15) is 43.2 Å². The zero-order valence-corrected chi connectivity index (χ0v) is 41.2. The molecule has 0 saturated heterocycles. The van der Waals surface area contributed by atoms with Gasteiger partial charge in [0, 0.05) is 12.8 Å². The van der Waals surface area contributed by atoms with Gasteiger partial charge in [0.25, 0.3) is 0 Å². The molecule has 0 aromatic rings. The predicted octanol–water partition coefficient (Wildman–Crippen LogP) is 9.19. The maximum atomic E-state index is 12.8. The maximum Gasteiger partial charge on any atom is 0.472 e. The van der Waals surface area contributed by atoms with Gasteiger partial charge in [0.2, 0.25) is 0 Å². The summed E-state index contributed by atoms with van der Waals surface area (Å²) in [5.74, 6) is -1.33. The SMILES string of the molecule is CC/C=C\C/C=C\C/C=C\C/C=C\C=C\C(O)CCCC(=O)O[C@H](COC(=O)CCCCCCCC/C=C\C/C=C\C/C=C\CCCCCC)COP(=O)(O)OC1[C@H](O)[C@H](O)C(O)[C@H](O)[C@H]1O. The van der Waals surface area contributed by atoms with Gasteiger partial charge in [0.05, 0.1) is 12.7 Å². The molecule has 67 heavy (non-hydrogen) atoms. The van der Waals surface area contributed by atoms with E-state index in [4.69, 9.17) is 18.5 Å². The first-order valence-corrected chi connectivity index (χ1v) is 26.1. The number of rotatable bonds is 39. The van der Waals surface area contributed by atoms with Crippen LogP contribution in [0.15, 0.2) is 97.2 Å². The number of carbonyl (C=O) groups is 2. The van der Waals surface area contributed by atoms with Crippen molar-refractivity contribution < 1.29 is 68.2 Å². The number of aliphatic hydroxyl groups is 6. The normalized spacial score (nSPS) is 22.5. The van der Waals surface area contributed by atoms with Gasteiger partial charge in [-0.05, 0) is 83.5 Å². The van der Waals surface area contributed by atoms with E-state index >= 15 is 0 Å². The third kappa shape index (κ3) is 33.0. The molecule has 1 fully saturated rings. The molecule has 0 aromatic carbocycles. The fourth-order valence-electron chi connectivity index (χ4n) is 6.79. The summed E-state index contributed by atoms with van der Waals surface area (Å²) >= 11 is 0. The highest BCUT2D eigenvalue weighted by molar-refractivity contribution is 7.47. The van der Waals surface area contributed by atoms with Crippen molar-refractivity contribution in [1.82, 2.24) is 0 Å². The third-order valence-electron chi connectivity index (χ3n) is 10.8. The summed E-state index contributed by atoms with van der Waals surface area (Å²) in [6.45, 7) is 2.99. The van der Waals surface area contributed by atoms with Crippen LogP contribution >= 0.6 is 7.82 Å². The number of carbonyl (C=O) groups excluding carboxylic acids is 2. The van der Waals surface area contributed by atoms with Crippen LogP contribution in [0.2, 0.25) is 0 Å². The lowest BCUT2D eigenvalue weighted by Crippen LogP contribution is -2.64. The number of phosphoric acid groups is 1. The first-order valence-electron chi connectivity index (χ1n) is 24.6. The number of phosphoric ester groups is 1. The lowest BCUT2D eigenvalue weighted by molar-refractivity contribution is -0.220. The number of ether oxygens (including phenoxy) is 2. The highest BCUT2D eigenvalue weighted by atomic mass is 31.2. The van der Waals surface area contributed by atoms with Crippen LogP contribution in [0.1, 0.15) is 155 Å². The summed E-state index contributed by atoms with van der Waals surface area (Å²) < 4.78 is 33.4. The number of unbranched alkanes of at least 4 members (excludes halogenated alkanes) is 10. The molecule has 7 N–H and O–H groups in total. The van der Waals surface area contributed by atoms with E-state index in [9.17, 15) is 49.7 Å². The minimum Gasteiger partial charge on any atom is -0.462 e. The second-order valence-corrected chi connectivity index (χ2v) is 18.2. The first-order chi connectivity index (χ1) is 32.3. The van der Waals surface area contributed by atoms with Crippen LogP contribution in [0.3, 0.4) is 0 Å². The molecule has 1 rings (SSSR count). The van der Waals surface area contributed by atoms with Crippen LogP contribution < -0.4 is 0 Å². The number of hydrogen-bond donors (Lipinski definition) is 7. The van der Waals surface area contributed by atoms with E-state index in [1.54, 1.807) is 12.2 Å².